The molecule has 0 spiro atoms. The van der Waals surface area contributed by atoms with E-state index in [2.05, 4.69) is 68.6 Å². The van der Waals surface area contributed by atoms with E-state index in [1.807, 2.05) is 0 Å². The molecule has 2 aromatic rings. The maximum atomic E-state index is 3.68. The van der Waals surface area contributed by atoms with E-state index in [-0.39, 0.29) is 0 Å². The molecule has 0 amide bonds. The Labute approximate surface area is 122 Å². The lowest BCUT2D eigenvalue weighted by molar-refractivity contribution is 0.566. The van der Waals surface area contributed by atoms with Crippen LogP contribution in [0.5, 0.6) is 0 Å². The van der Waals surface area contributed by atoms with Gasteiger partial charge >= 0.3 is 0 Å². The average Bonchev–Trinajstić information content (AvgIpc) is 2.47. The van der Waals surface area contributed by atoms with Gasteiger partial charge in [0, 0.05) is 6.54 Å². The Hall–Kier alpha value is -1.60. The van der Waals surface area contributed by atoms with Crippen LogP contribution in [-0.2, 0) is 6.42 Å². The lowest BCUT2D eigenvalue weighted by Crippen LogP contribution is -2.30. The smallest absolute Gasteiger partial charge is 0.0579 e. The van der Waals surface area contributed by atoms with E-state index in [1.54, 1.807) is 0 Å². The molecular weight excluding hydrogens is 242 g/mol. The molecule has 2 aromatic carbocycles. The average molecular weight is 265 g/mol. The van der Waals surface area contributed by atoms with Gasteiger partial charge in [0.05, 0.1) is 6.04 Å². The van der Waals surface area contributed by atoms with Crippen LogP contribution in [0.3, 0.4) is 0 Å². The predicted molar refractivity (Wildman–Crippen MR) is 85.3 cm³/mol. The Morgan fingerprint density at radius 2 is 1.80 bits per heavy atom. The molecule has 1 aliphatic heterocycles. The normalized spacial score (nSPS) is 18.1. The van der Waals surface area contributed by atoms with E-state index >= 15 is 0 Å². The molecule has 0 aromatic heterocycles. The molecule has 1 atom stereocenters. The maximum absolute atomic E-state index is 3.68. The molecule has 1 N–H and O–H groups in total. The van der Waals surface area contributed by atoms with Crippen LogP contribution in [-0.4, -0.2) is 6.54 Å². The number of rotatable bonds is 2. The minimum atomic E-state index is 0.345. The molecule has 0 aliphatic carbocycles. The van der Waals surface area contributed by atoms with E-state index in [9.17, 15) is 0 Å². The van der Waals surface area contributed by atoms with Crippen LogP contribution in [0.2, 0.25) is 0 Å². The summed E-state index contributed by atoms with van der Waals surface area (Å²) in [7, 11) is 0. The number of fused-ring (bicyclic) bond motifs is 1. The first kappa shape index (κ1) is 13.4. The van der Waals surface area contributed by atoms with Gasteiger partial charge in [0.25, 0.3) is 0 Å². The highest BCUT2D eigenvalue weighted by molar-refractivity contribution is 5.43. The van der Waals surface area contributed by atoms with Crippen molar-refractivity contribution in [3.63, 3.8) is 0 Å². The Morgan fingerprint density at radius 1 is 1.05 bits per heavy atom. The zero-order valence-electron chi connectivity index (χ0n) is 12.6. The molecule has 0 fully saturated rings. The maximum Gasteiger partial charge on any atom is 0.0579 e. The quantitative estimate of drug-likeness (QED) is 0.851. The van der Waals surface area contributed by atoms with Crippen molar-refractivity contribution in [1.82, 2.24) is 5.32 Å². The molecule has 0 radical (unpaired) electrons. The Morgan fingerprint density at radius 3 is 2.50 bits per heavy atom. The summed E-state index contributed by atoms with van der Waals surface area (Å²) in [6, 6.07) is 16.3. The van der Waals surface area contributed by atoms with Crippen molar-refractivity contribution in [3.05, 3.63) is 70.3 Å². The van der Waals surface area contributed by atoms with Gasteiger partial charge in [-0.15, -0.1) is 0 Å². The van der Waals surface area contributed by atoms with Gasteiger partial charge in [-0.1, -0.05) is 61.9 Å². The summed E-state index contributed by atoms with van der Waals surface area (Å²) >= 11 is 0. The first-order valence-electron chi connectivity index (χ1n) is 7.58. The first-order valence-corrected chi connectivity index (χ1v) is 7.58. The molecule has 0 saturated heterocycles. The predicted octanol–water partition coefficient (Wildman–Crippen LogP) is 4.35. The third kappa shape index (κ3) is 2.51. The summed E-state index contributed by atoms with van der Waals surface area (Å²) in [6.45, 7) is 7.73. The van der Waals surface area contributed by atoms with Crippen LogP contribution < -0.4 is 5.32 Å². The Bertz CT molecular complexity index is 596. The molecule has 1 nitrogen and oxygen atoms in total. The first-order chi connectivity index (χ1) is 9.65. The fraction of sp³-hybridized carbons (Fsp3) is 0.368. The summed E-state index contributed by atoms with van der Waals surface area (Å²) in [5.41, 5.74) is 7.09. The highest BCUT2D eigenvalue weighted by Crippen LogP contribution is 2.31. The summed E-state index contributed by atoms with van der Waals surface area (Å²) < 4.78 is 0. The van der Waals surface area contributed by atoms with Crippen molar-refractivity contribution in [1.29, 1.82) is 0 Å². The summed E-state index contributed by atoms with van der Waals surface area (Å²) in [5, 5.41) is 3.68. The second kappa shape index (κ2) is 5.41. The van der Waals surface area contributed by atoms with E-state index < -0.39 is 0 Å². The summed E-state index contributed by atoms with van der Waals surface area (Å²) in [4.78, 5) is 0. The fourth-order valence-corrected chi connectivity index (χ4v) is 2.99. The molecule has 104 valence electrons. The van der Waals surface area contributed by atoms with Crippen LogP contribution in [0, 0.1) is 6.92 Å². The van der Waals surface area contributed by atoms with E-state index in [1.165, 1.54) is 27.8 Å². The summed E-state index contributed by atoms with van der Waals surface area (Å²) in [5.74, 6) is 0.584. The number of hydrogen-bond donors (Lipinski definition) is 1. The summed E-state index contributed by atoms with van der Waals surface area (Å²) in [6.07, 6.45) is 1.13. The van der Waals surface area contributed by atoms with Crippen LogP contribution in [0.4, 0.5) is 0 Å². The highest BCUT2D eigenvalue weighted by Gasteiger charge is 2.21. The molecule has 0 saturated carbocycles. The van der Waals surface area contributed by atoms with E-state index in [4.69, 9.17) is 0 Å². The van der Waals surface area contributed by atoms with E-state index in [0.29, 0.717) is 12.0 Å². The molecule has 1 unspecified atom stereocenters. The number of aryl methyl sites for hydroxylation is 1. The van der Waals surface area contributed by atoms with Crippen LogP contribution in [0.1, 0.15) is 53.6 Å². The van der Waals surface area contributed by atoms with Gasteiger partial charge in [-0.3, -0.25) is 0 Å². The molecule has 20 heavy (non-hydrogen) atoms. The second-order valence-corrected chi connectivity index (χ2v) is 6.16. The number of benzene rings is 2. The van der Waals surface area contributed by atoms with Gasteiger partial charge in [0.1, 0.15) is 0 Å². The molecule has 1 heterocycles. The molecule has 3 rings (SSSR count). The lowest BCUT2D eigenvalue weighted by atomic mass is 9.86. The highest BCUT2D eigenvalue weighted by atomic mass is 14.9. The van der Waals surface area contributed by atoms with Crippen molar-refractivity contribution in [2.45, 2.75) is 39.2 Å². The minimum absolute atomic E-state index is 0.345. The van der Waals surface area contributed by atoms with Crippen molar-refractivity contribution < 1.29 is 0 Å². The van der Waals surface area contributed by atoms with Gasteiger partial charge in [0.15, 0.2) is 0 Å². The molecular formula is C19H23N. The van der Waals surface area contributed by atoms with Crippen LogP contribution in [0.25, 0.3) is 0 Å². The molecule has 0 bridgehead atoms. The van der Waals surface area contributed by atoms with Crippen molar-refractivity contribution in [2.75, 3.05) is 6.54 Å². The monoisotopic (exact) mass is 265 g/mol. The van der Waals surface area contributed by atoms with Gasteiger partial charge in [0.2, 0.25) is 0 Å². The van der Waals surface area contributed by atoms with Gasteiger partial charge in [-0.2, -0.15) is 0 Å². The van der Waals surface area contributed by atoms with Gasteiger partial charge < -0.3 is 5.32 Å². The SMILES string of the molecule is Cc1ccc(C2NCCc3ccc(C(C)C)cc32)cc1. The zero-order valence-corrected chi connectivity index (χ0v) is 12.6. The zero-order chi connectivity index (χ0) is 14.1. The van der Waals surface area contributed by atoms with Crippen molar-refractivity contribution in [3.8, 4) is 0 Å². The number of nitrogens with one attached hydrogen (secondary N) is 1. The third-order valence-electron chi connectivity index (χ3n) is 4.30. The van der Waals surface area contributed by atoms with Crippen molar-refractivity contribution in [2.24, 2.45) is 0 Å². The number of hydrogen-bond acceptors (Lipinski definition) is 1. The van der Waals surface area contributed by atoms with Crippen LogP contribution >= 0.6 is 0 Å². The standard InChI is InChI=1S/C19H23N/c1-13(2)17-9-8-15-10-11-20-19(18(15)12-17)16-6-4-14(3)5-7-16/h4-9,12-13,19-20H,10-11H2,1-3H3. The van der Waals surface area contributed by atoms with E-state index in [0.717, 1.165) is 13.0 Å². The minimum Gasteiger partial charge on any atom is -0.306 e. The lowest BCUT2D eigenvalue weighted by Gasteiger charge is -2.28. The molecule has 1 aliphatic rings. The molecule has 1 heteroatoms. The fourth-order valence-electron chi connectivity index (χ4n) is 2.99. The largest absolute Gasteiger partial charge is 0.306 e. The topological polar surface area (TPSA) is 12.0 Å². The Balaban J connectivity index is 2.03. The second-order valence-electron chi connectivity index (χ2n) is 6.16. The van der Waals surface area contributed by atoms with Gasteiger partial charge in [-0.25, -0.2) is 0 Å². The van der Waals surface area contributed by atoms with Crippen LogP contribution in [0.15, 0.2) is 42.5 Å². The third-order valence-corrected chi connectivity index (χ3v) is 4.30. The van der Waals surface area contributed by atoms with Crippen molar-refractivity contribution >= 4 is 0 Å². The Kier molecular flexibility index (Phi) is 3.62. The van der Waals surface area contributed by atoms with Gasteiger partial charge in [-0.05, 0) is 41.5 Å².